The van der Waals surface area contributed by atoms with Crippen LogP contribution in [0.25, 0.3) is 0 Å². The van der Waals surface area contributed by atoms with Gasteiger partial charge in [0, 0.05) is 41.3 Å². The van der Waals surface area contributed by atoms with Crippen molar-refractivity contribution < 1.29 is 14.3 Å². The third-order valence-electron chi connectivity index (χ3n) is 7.41. The zero-order valence-corrected chi connectivity index (χ0v) is 21.2. The van der Waals surface area contributed by atoms with Gasteiger partial charge in [0.15, 0.2) is 5.78 Å². The fourth-order valence-corrected chi connectivity index (χ4v) is 5.63. The Labute approximate surface area is 213 Å². The van der Waals surface area contributed by atoms with E-state index in [0.717, 1.165) is 33.8 Å². The van der Waals surface area contributed by atoms with Gasteiger partial charge in [0.1, 0.15) is 5.75 Å². The zero-order chi connectivity index (χ0) is 25.2. The van der Waals surface area contributed by atoms with Gasteiger partial charge in [-0.2, -0.15) is 0 Å². The molecule has 3 aromatic rings. The van der Waals surface area contributed by atoms with E-state index < -0.39 is 0 Å². The van der Waals surface area contributed by atoms with E-state index >= 15 is 0 Å². The summed E-state index contributed by atoms with van der Waals surface area (Å²) in [6, 6.07) is 26.2. The van der Waals surface area contributed by atoms with Crippen LogP contribution >= 0.6 is 0 Å². The first-order valence-electron chi connectivity index (χ1n) is 12.9. The summed E-state index contributed by atoms with van der Waals surface area (Å²) in [6.07, 6.45) is 1.34. The molecule has 0 aromatic heterocycles. The molecule has 0 fully saturated rings. The third kappa shape index (κ3) is 4.48. The first kappa shape index (κ1) is 24.1. The predicted molar refractivity (Wildman–Crippen MR) is 143 cm³/mol. The summed E-state index contributed by atoms with van der Waals surface area (Å²) in [7, 11) is 0. The lowest BCUT2D eigenvalue weighted by molar-refractivity contribution is -0.120. The van der Waals surface area contributed by atoms with Gasteiger partial charge in [-0.15, -0.1) is 0 Å². The number of carbonyl (C=O) groups excluding carboxylic acids is 2. The van der Waals surface area contributed by atoms with Crippen molar-refractivity contribution in [3.8, 4) is 5.75 Å². The van der Waals surface area contributed by atoms with Gasteiger partial charge in [0.05, 0.1) is 6.61 Å². The minimum absolute atomic E-state index is 0.0175. The minimum atomic E-state index is -0.300. The number of Topliss-reactive ketones (excluding diaryl/α,β-unsaturated/α-hetero) is 1. The summed E-state index contributed by atoms with van der Waals surface area (Å²) in [4.78, 5) is 29.5. The van der Waals surface area contributed by atoms with Crippen LogP contribution in [0.3, 0.4) is 0 Å². The van der Waals surface area contributed by atoms with Gasteiger partial charge in [-0.25, -0.2) is 0 Å². The highest BCUT2D eigenvalue weighted by Crippen LogP contribution is 2.48. The summed E-state index contributed by atoms with van der Waals surface area (Å²) in [5, 5.41) is 0. The maximum absolute atomic E-state index is 13.9. The second-order valence-electron chi connectivity index (χ2n) is 10.0. The number of hydrogen-bond donors (Lipinski definition) is 0. The quantitative estimate of drug-likeness (QED) is 0.378. The molecule has 1 aliphatic carbocycles. The number of ether oxygens (including phenoxy) is 1. The Morgan fingerprint density at radius 2 is 1.56 bits per heavy atom. The second-order valence-corrected chi connectivity index (χ2v) is 10.0. The van der Waals surface area contributed by atoms with E-state index in [0.29, 0.717) is 25.4 Å². The minimum Gasteiger partial charge on any atom is -0.494 e. The molecule has 184 valence electrons. The fourth-order valence-electron chi connectivity index (χ4n) is 5.63. The van der Waals surface area contributed by atoms with Crippen molar-refractivity contribution in [2.24, 2.45) is 0 Å². The average Bonchev–Trinajstić information content (AvgIpc) is 2.89. The number of carbonyl (C=O) groups is 2. The zero-order valence-electron chi connectivity index (χ0n) is 21.2. The van der Waals surface area contributed by atoms with Crippen LogP contribution in [0.5, 0.6) is 5.75 Å². The van der Waals surface area contributed by atoms with Crippen LogP contribution in [0.15, 0.2) is 90.1 Å². The fraction of sp³-hybridized carbons (Fsp3) is 0.312. The van der Waals surface area contributed by atoms with Crippen molar-refractivity contribution >= 4 is 17.4 Å². The number of ketones is 1. The van der Waals surface area contributed by atoms with E-state index in [1.807, 2.05) is 66.4 Å². The molecule has 1 amide bonds. The molecule has 0 radical (unpaired) electrons. The van der Waals surface area contributed by atoms with Crippen molar-refractivity contribution in [2.45, 2.75) is 57.8 Å². The Bertz CT molecular complexity index is 1290. The maximum atomic E-state index is 13.9. The Balaban J connectivity index is 1.64. The molecule has 36 heavy (non-hydrogen) atoms. The molecule has 0 spiro atoms. The molecule has 4 heteroatoms. The highest BCUT2D eigenvalue weighted by molar-refractivity contribution is 6.08. The second kappa shape index (κ2) is 10.1. The van der Waals surface area contributed by atoms with Gasteiger partial charge in [0.2, 0.25) is 5.91 Å². The Hall–Kier alpha value is -3.66. The molecule has 2 atom stereocenters. The summed E-state index contributed by atoms with van der Waals surface area (Å²) < 4.78 is 5.92. The number of benzene rings is 3. The molecule has 0 N–H and O–H groups in total. The van der Waals surface area contributed by atoms with Crippen LogP contribution < -0.4 is 9.64 Å². The van der Waals surface area contributed by atoms with Crippen LogP contribution in [-0.2, 0) is 9.59 Å². The van der Waals surface area contributed by atoms with Crippen LogP contribution in [0.2, 0.25) is 0 Å². The van der Waals surface area contributed by atoms with Crippen molar-refractivity contribution in [1.29, 1.82) is 0 Å². The standard InChI is InChI=1S/C32H33NO3/c1-4-36-30-13-9-8-12-26(30)27-20-31(35)33(25-16-14-22(15-17-25)21(2)3)28-18-24(19-29(34)32(27)28)23-10-6-5-7-11-23/h5-17,21,24,27H,4,18-20H2,1-3H3. The number of para-hydroxylation sites is 1. The number of allylic oxidation sites excluding steroid dienone is 2. The Kier molecular flexibility index (Phi) is 6.77. The molecule has 0 bridgehead atoms. The summed E-state index contributed by atoms with van der Waals surface area (Å²) in [5.74, 6) is 1.04. The van der Waals surface area contributed by atoms with Gasteiger partial charge in [-0.1, -0.05) is 74.5 Å². The van der Waals surface area contributed by atoms with E-state index in [4.69, 9.17) is 4.74 Å². The van der Waals surface area contributed by atoms with E-state index in [1.54, 1.807) is 0 Å². The van der Waals surface area contributed by atoms with Crippen molar-refractivity contribution in [3.63, 3.8) is 0 Å². The topological polar surface area (TPSA) is 46.6 Å². The predicted octanol–water partition coefficient (Wildman–Crippen LogP) is 7.13. The maximum Gasteiger partial charge on any atom is 0.232 e. The Morgan fingerprint density at radius 1 is 0.861 bits per heavy atom. The van der Waals surface area contributed by atoms with Crippen LogP contribution in [0.1, 0.15) is 74.5 Å². The lowest BCUT2D eigenvalue weighted by Gasteiger charge is -2.40. The highest BCUT2D eigenvalue weighted by atomic mass is 16.5. The smallest absolute Gasteiger partial charge is 0.232 e. The van der Waals surface area contributed by atoms with E-state index in [2.05, 4.69) is 38.1 Å². The number of hydrogen-bond acceptors (Lipinski definition) is 3. The molecule has 2 unspecified atom stereocenters. The van der Waals surface area contributed by atoms with Gasteiger partial charge < -0.3 is 4.74 Å². The normalized spacial score (nSPS) is 20.1. The largest absolute Gasteiger partial charge is 0.494 e. The lowest BCUT2D eigenvalue weighted by atomic mass is 9.72. The van der Waals surface area contributed by atoms with Gasteiger partial charge in [-0.3, -0.25) is 14.5 Å². The SMILES string of the molecule is CCOc1ccccc1C1CC(=O)N(c2ccc(C(C)C)cc2)C2=C1C(=O)CC(c1ccccc1)C2. The van der Waals surface area contributed by atoms with Crippen molar-refractivity contribution in [1.82, 2.24) is 0 Å². The molecular formula is C32H33NO3. The number of amides is 1. The molecule has 3 aromatic carbocycles. The van der Waals surface area contributed by atoms with Crippen molar-refractivity contribution in [3.05, 3.63) is 107 Å². The van der Waals surface area contributed by atoms with E-state index in [-0.39, 0.29) is 29.9 Å². The average molecular weight is 480 g/mol. The van der Waals surface area contributed by atoms with Gasteiger partial charge in [0.25, 0.3) is 0 Å². The molecule has 5 rings (SSSR count). The number of rotatable bonds is 6. The summed E-state index contributed by atoms with van der Waals surface area (Å²) >= 11 is 0. The molecule has 1 heterocycles. The molecular weight excluding hydrogens is 446 g/mol. The van der Waals surface area contributed by atoms with Crippen LogP contribution in [-0.4, -0.2) is 18.3 Å². The third-order valence-corrected chi connectivity index (χ3v) is 7.41. The van der Waals surface area contributed by atoms with Crippen LogP contribution in [0, 0.1) is 0 Å². The number of anilines is 1. The summed E-state index contributed by atoms with van der Waals surface area (Å²) in [5.41, 5.74) is 5.71. The Morgan fingerprint density at radius 3 is 2.25 bits per heavy atom. The van der Waals surface area contributed by atoms with E-state index in [9.17, 15) is 9.59 Å². The highest BCUT2D eigenvalue weighted by Gasteiger charge is 2.43. The monoisotopic (exact) mass is 479 g/mol. The first-order valence-corrected chi connectivity index (χ1v) is 12.9. The molecule has 4 nitrogen and oxygen atoms in total. The first-order chi connectivity index (χ1) is 17.5. The molecule has 0 saturated carbocycles. The molecule has 0 saturated heterocycles. The number of nitrogens with zero attached hydrogens (tertiary/aromatic N) is 1. The van der Waals surface area contributed by atoms with Crippen molar-refractivity contribution in [2.75, 3.05) is 11.5 Å². The molecule has 1 aliphatic heterocycles. The van der Waals surface area contributed by atoms with Gasteiger partial charge >= 0.3 is 0 Å². The molecule has 2 aliphatic rings. The van der Waals surface area contributed by atoms with Gasteiger partial charge in [-0.05, 0) is 54.5 Å². The van der Waals surface area contributed by atoms with Crippen LogP contribution in [0.4, 0.5) is 5.69 Å². The summed E-state index contributed by atoms with van der Waals surface area (Å²) in [6.45, 7) is 6.80. The lowest BCUT2D eigenvalue weighted by Crippen LogP contribution is -2.41. The van der Waals surface area contributed by atoms with E-state index in [1.165, 1.54) is 5.56 Å².